The molecule has 18 heavy (non-hydrogen) atoms. The minimum Gasteiger partial charge on any atom is -0.480 e. The van der Waals surface area contributed by atoms with E-state index in [0.29, 0.717) is 37.9 Å². The van der Waals surface area contributed by atoms with Gasteiger partial charge in [0.15, 0.2) is 0 Å². The summed E-state index contributed by atoms with van der Waals surface area (Å²) < 4.78 is 5.23. The van der Waals surface area contributed by atoms with Gasteiger partial charge in [0.05, 0.1) is 6.10 Å². The zero-order valence-corrected chi connectivity index (χ0v) is 10.6. The first kappa shape index (κ1) is 13.1. The molecule has 1 heterocycles. The second-order valence-corrected chi connectivity index (χ2v) is 5.16. The molecule has 0 bridgehead atoms. The number of rotatable bonds is 4. The van der Waals surface area contributed by atoms with Gasteiger partial charge in [-0.3, -0.25) is 0 Å². The molecule has 0 aromatic carbocycles. The fraction of sp³-hybridized carbons (Fsp3) is 0.833. The summed E-state index contributed by atoms with van der Waals surface area (Å²) in [5, 5.41) is 11.5. The van der Waals surface area contributed by atoms with Gasteiger partial charge in [-0.15, -0.1) is 0 Å². The molecule has 0 aromatic heterocycles. The fourth-order valence-corrected chi connectivity index (χ4v) is 2.19. The molecule has 2 atom stereocenters. The number of ether oxygens (including phenoxy) is 1. The van der Waals surface area contributed by atoms with Gasteiger partial charge in [-0.25, -0.2) is 9.59 Å². The van der Waals surface area contributed by atoms with Crippen LogP contribution in [0.5, 0.6) is 0 Å². The van der Waals surface area contributed by atoms with Gasteiger partial charge in [-0.2, -0.15) is 0 Å². The van der Waals surface area contributed by atoms with Crippen molar-refractivity contribution in [2.45, 2.75) is 38.3 Å². The maximum Gasteiger partial charge on any atom is 0.329 e. The van der Waals surface area contributed by atoms with E-state index in [0.717, 1.165) is 6.42 Å². The van der Waals surface area contributed by atoms with Crippen LogP contribution in [0.25, 0.3) is 0 Å². The van der Waals surface area contributed by atoms with E-state index >= 15 is 0 Å². The number of carbonyl (C=O) groups excluding carboxylic acids is 1. The Kier molecular flexibility index (Phi) is 4.06. The van der Waals surface area contributed by atoms with Crippen LogP contribution in [0.15, 0.2) is 0 Å². The zero-order chi connectivity index (χ0) is 13.1. The number of nitrogens with one attached hydrogen (secondary N) is 1. The lowest BCUT2D eigenvalue weighted by molar-refractivity contribution is -0.145. The molecule has 1 aliphatic heterocycles. The van der Waals surface area contributed by atoms with Crippen molar-refractivity contribution in [1.82, 2.24) is 10.2 Å². The third-order valence-corrected chi connectivity index (χ3v) is 3.59. The molecule has 1 saturated heterocycles. The summed E-state index contributed by atoms with van der Waals surface area (Å²) in [6, 6.07) is 0.347. The first-order valence-electron chi connectivity index (χ1n) is 6.45. The molecule has 6 heteroatoms. The minimum absolute atomic E-state index is 0.000958. The SMILES string of the molecule is CC1CC1NC(=O)N1CCC(OCC(=O)O)CC1. The topological polar surface area (TPSA) is 78.9 Å². The van der Waals surface area contributed by atoms with Crippen molar-refractivity contribution in [2.75, 3.05) is 19.7 Å². The van der Waals surface area contributed by atoms with Crippen LogP contribution >= 0.6 is 0 Å². The van der Waals surface area contributed by atoms with Crippen LogP contribution in [0.1, 0.15) is 26.2 Å². The van der Waals surface area contributed by atoms with E-state index in [4.69, 9.17) is 9.84 Å². The van der Waals surface area contributed by atoms with Gasteiger partial charge in [0.25, 0.3) is 0 Å². The first-order chi connectivity index (χ1) is 8.56. The summed E-state index contributed by atoms with van der Waals surface area (Å²) in [4.78, 5) is 24.0. The van der Waals surface area contributed by atoms with E-state index in [1.165, 1.54) is 0 Å². The first-order valence-corrected chi connectivity index (χ1v) is 6.45. The van der Waals surface area contributed by atoms with Crippen molar-refractivity contribution in [3.05, 3.63) is 0 Å². The number of likely N-dealkylation sites (tertiary alicyclic amines) is 1. The molecule has 2 rings (SSSR count). The molecule has 6 nitrogen and oxygen atoms in total. The quantitative estimate of drug-likeness (QED) is 0.775. The molecule has 0 radical (unpaired) electrons. The Hall–Kier alpha value is -1.30. The summed E-state index contributed by atoms with van der Waals surface area (Å²) in [5.41, 5.74) is 0. The van der Waals surface area contributed by atoms with Crippen LogP contribution in [0, 0.1) is 5.92 Å². The predicted octanol–water partition coefficient (Wildman–Crippen LogP) is 0.670. The molecule has 0 aromatic rings. The maximum absolute atomic E-state index is 11.8. The van der Waals surface area contributed by atoms with Crippen molar-refractivity contribution in [1.29, 1.82) is 0 Å². The Bertz CT molecular complexity index is 326. The standard InChI is InChI=1S/C12H20N2O4/c1-8-6-10(8)13-12(17)14-4-2-9(3-5-14)18-7-11(15)16/h8-10H,2-7H2,1H3,(H,13,17)(H,15,16). The average molecular weight is 256 g/mol. The lowest BCUT2D eigenvalue weighted by Crippen LogP contribution is -2.47. The lowest BCUT2D eigenvalue weighted by atomic mass is 10.1. The minimum atomic E-state index is -0.946. The largest absolute Gasteiger partial charge is 0.480 e. The third-order valence-electron chi connectivity index (χ3n) is 3.59. The number of hydrogen-bond donors (Lipinski definition) is 2. The molecule has 0 spiro atoms. The summed E-state index contributed by atoms with van der Waals surface area (Å²) >= 11 is 0. The summed E-state index contributed by atoms with van der Waals surface area (Å²) in [6.07, 6.45) is 2.45. The molecule has 2 unspecified atom stereocenters. The van der Waals surface area contributed by atoms with Crippen LogP contribution < -0.4 is 5.32 Å². The number of carboxylic acids is 1. The van der Waals surface area contributed by atoms with Gasteiger partial charge >= 0.3 is 12.0 Å². The predicted molar refractivity (Wildman–Crippen MR) is 64.3 cm³/mol. The Morgan fingerprint density at radius 2 is 2.00 bits per heavy atom. The van der Waals surface area contributed by atoms with Gasteiger partial charge in [-0.05, 0) is 25.2 Å². The van der Waals surface area contributed by atoms with Crippen LogP contribution in [0.3, 0.4) is 0 Å². The zero-order valence-electron chi connectivity index (χ0n) is 10.6. The van der Waals surface area contributed by atoms with Crippen LogP contribution in [0.2, 0.25) is 0 Å². The summed E-state index contributed by atoms with van der Waals surface area (Å²) in [5.74, 6) is -0.344. The van der Waals surface area contributed by atoms with Crippen molar-refractivity contribution in [3.8, 4) is 0 Å². The van der Waals surface area contributed by atoms with Gasteiger partial charge < -0.3 is 20.1 Å². The highest BCUT2D eigenvalue weighted by molar-refractivity contribution is 5.75. The van der Waals surface area contributed by atoms with Crippen LogP contribution in [0.4, 0.5) is 4.79 Å². The monoisotopic (exact) mass is 256 g/mol. The number of hydrogen-bond acceptors (Lipinski definition) is 3. The number of aliphatic carboxylic acids is 1. The molecule has 1 saturated carbocycles. The average Bonchev–Trinajstić information content (AvgIpc) is 3.03. The Morgan fingerprint density at radius 1 is 1.39 bits per heavy atom. The lowest BCUT2D eigenvalue weighted by Gasteiger charge is -2.31. The van der Waals surface area contributed by atoms with Crippen molar-refractivity contribution >= 4 is 12.0 Å². The van der Waals surface area contributed by atoms with Gasteiger partial charge in [0.1, 0.15) is 6.61 Å². The highest BCUT2D eigenvalue weighted by Gasteiger charge is 2.35. The van der Waals surface area contributed by atoms with Crippen molar-refractivity contribution in [2.24, 2.45) is 5.92 Å². The molecule has 1 aliphatic carbocycles. The van der Waals surface area contributed by atoms with Gasteiger partial charge in [-0.1, -0.05) is 6.92 Å². The Morgan fingerprint density at radius 3 is 2.50 bits per heavy atom. The maximum atomic E-state index is 11.8. The van der Waals surface area contributed by atoms with Crippen LogP contribution in [-0.2, 0) is 9.53 Å². The van der Waals surface area contributed by atoms with E-state index in [2.05, 4.69) is 12.2 Å². The number of amides is 2. The number of carbonyl (C=O) groups is 2. The van der Waals surface area contributed by atoms with E-state index in [-0.39, 0.29) is 18.7 Å². The summed E-state index contributed by atoms with van der Waals surface area (Å²) in [6.45, 7) is 3.14. The number of nitrogens with zero attached hydrogens (tertiary/aromatic N) is 1. The highest BCUT2D eigenvalue weighted by Crippen LogP contribution is 2.29. The van der Waals surface area contributed by atoms with Crippen molar-refractivity contribution < 1.29 is 19.4 Å². The Labute approximate surface area is 106 Å². The second kappa shape index (κ2) is 5.56. The normalized spacial score (nSPS) is 27.9. The number of urea groups is 1. The fourth-order valence-electron chi connectivity index (χ4n) is 2.19. The molecule has 2 aliphatic rings. The van der Waals surface area contributed by atoms with Gasteiger partial charge in [0.2, 0.25) is 0 Å². The summed E-state index contributed by atoms with van der Waals surface area (Å²) in [7, 11) is 0. The molecule has 102 valence electrons. The molecular weight excluding hydrogens is 236 g/mol. The molecule has 2 N–H and O–H groups in total. The number of carboxylic acid groups (broad SMARTS) is 1. The molecule has 2 fully saturated rings. The van der Waals surface area contributed by atoms with Crippen LogP contribution in [-0.4, -0.2) is 53.8 Å². The Balaban J connectivity index is 1.66. The highest BCUT2D eigenvalue weighted by atomic mass is 16.5. The third kappa shape index (κ3) is 3.60. The van der Waals surface area contributed by atoms with E-state index in [1.54, 1.807) is 4.90 Å². The molecular formula is C12H20N2O4. The number of piperidine rings is 1. The van der Waals surface area contributed by atoms with E-state index in [1.807, 2.05) is 0 Å². The van der Waals surface area contributed by atoms with E-state index < -0.39 is 5.97 Å². The van der Waals surface area contributed by atoms with Crippen molar-refractivity contribution in [3.63, 3.8) is 0 Å². The smallest absolute Gasteiger partial charge is 0.329 e. The molecule has 2 amide bonds. The van der Waals surface area contributed by atoms with Gasteiger partial charge in [0, 0.05) is 19.1 Å². The van der Waals surface area contributed by atoms with E-state index in [9.17, 15) is 9.59 Å². The second-order valence-electron chi connectivity index (χ2n) is 5.16.